The summed E-state index contributed by atoms with van der Waals surface area (Å²) in [5.74, 6) is 1.47. The van der Waals surface area contributed by atoms with Gasteiger partial charge < -0.3 is 14.2 Å². The maximum atomic E-state index is 10.9. The number of rotatable bonds is 7. The highest BCUT2D eigenvalue weighted by molar-refractivity contribution is 7.09. The monoisotopic (exact) mass is 307 g/mol. The first-order chi connectivity index (χ1) is 10.2. The highest BCUT2D eigenvalue weighted by Crippen LogP contribution is 2.38. The molecule has 0 radical (unpaired) electrons. The SMILES string of the molecule is COc1cc(C=O)cc(OC)c1OCCc1scnc1C. The van der Waals surface area contributed by atoms with Crippen LogP contribution in [-0.2, 0) is 6.42 Å². The van der Waals surface area contributed by atoms with Crippen LogP contribution in [0.25, 0.3) is 0 Å². The van der Waals surface area contributed by atoms with Crippen molar-refractivity contribution >= 4 is 17.6 Å². The van der Waals surface area contributed by atoms with Gasteiger partial charge in [-0.15, -0.1) is 11.3 Å². The van der Waals surface area contributed by atoms with Crippen molar-refractivity contribution in [1.82, 2.24) is 4.98 Å². The normalized spacial score (nSPS) is 10.2. The van der Waals surface area contributed by atoms with Crippen molar-refractivity contribution in [2.24, 2.45) is 0 Å². The number of hydrogen-bond donors (Lipinski definition) is 0. The van der Waals surface area contributed by atoms with E-state index in [0.29, 0.717) is 29.4 Å². The maximum absolute atomic E-state index is 10.9. The Hall–Kier alpha value is -2.08. The van der Waals surface area contributed by atoms with E-state index in [0.717, 1.165) is 18.4 Å². The van der Waals surface area contributed by atoms with Gasteiger partial charge in [-0.1, -0.05) is 0 Å². The van der Waals surface area contributed by atoms with Gasteiger partial charge in [0.15, 0.2) is 11.5 Å². The summed E-state index contributed by atoms with van der Waals surface area (Å²) in [6.45, 7) is 2.46. The van der Waals surface area contributed by atoms with Crippen LogP contribution in [0.2, 0.25) is 0 Å². The molecular formula is C15H17NO4S. The fraction of sp³-hybridized carbons (Fsp3) is 0.333. The van der Waals surface area contributed by atoms with E-state index in [2.05, 4.69) is 4.98 Å². The standard InChI is InChI=1S/C15H17NO4S/c1-10-14(21-9-16-10)4-5-20-15-12(18-2)6-11(8-17)7-13(15)19-3/h6-9H,4-5H2,1-3H3. The molecule has 1 heterocycles. The largest absolute Gasteiger partial charge is 0.493 e. The van der Waals surface area contributed by atoms with E-state index in [1.54, 1.807) is 23.5 Å². The van der Waals surface area contributed by atoms with Gasteiger partial charge in [0.1, 0.15) is 6.29 Å². The van der Waals surface area contributed by atoms with Crippen LogP contribution in [-0.4, -0.2) is 32.1 Å². The second kappa shape index (κ2) is 7.08. The smallest absolute Gasteiger partial charge is 0.203 e. The minimum atomic E-state index is 0.481. The van der Waals surface area contributed by atoms with Gasteiger partial charge >= 0.3 is 0 Å². The molecule has 0 bridgehead atoms. The van der Waals surface area contributed by atoms with Crippen LogP contribution in [0.3, 0.4) is 0 Å². The zero-order valence-corrected chi connectivity index (χ0v) is 13.0. The lowest BCUT2D eigenvalue weighted by molar-refractivity contribution is 0.112. The van der Waals surface area contributed by atoms with Crippen LogP contribution in [0.4, 0.5) is 0 Å². The zero-order valence-electron chi connectivity index (χ0n) is 12.2. The van der Waals surface area contributed by atoms with Gasteiger partial charge in [0, 0.05) is 16.9 Å². The van der Waals surface area contributed by atoms with Crippen molar-refractivity contribution in [3.8, 4) is 17.2 Å². The second-order valence-corrected chi connectivity index (χ2v) is 5.27. The van der Waals surface area contributed by atoms with Crippen LogP contribution in [0.5, 0.6) is 17.2 Å². The summed E-state index contributed by atoms with van der Waals surface area (Å²) in [6, 6.07) is 3.26. The van der Waals surface area contributed by atoms with E-state index in [1.165, 1.54) is 19.1 Å². The van der Waals surface area contributed by atoms with Gasteiger partial charge in [-0.2, -0.15) is 0 Å². The van der Waals surface area contributed by atoms with Gasteiger partial charge in [-0.3, -0.25) is 4.79 Å². The van der Waals surface area contributed by atoms with E-state index in [-0.39, 0.29) is 0 Å². The fourth-order valence-electron chi connectivity index (χ4n) is 1.92. The predicted octanol–water partition coefficient (Wildman–Crippen LogP) is 2.90. The molecule has 1 aromatic heterocycles. The second-order valence-electron chi connectivity index (χ2n) is 4.33. The maximum Gasteiger partial charge on any atom is 0.203 e. The third kappa shape index (κ3) is 3.52. The highest BCUT2D eigenvalue weighted by Gasteiger charge is 2.14. The number of thiazole rings is 1. The summed E-state index contributed by atoms with van der Waals surface area (Å²) in [4.78, 5) is 16.3. The summed E-state index contributed by atoms with van der Waals surface area (Å²) in [5.41, 5.74) is 3.33. The first-order valence-corrected chi connectivity index (χ1v) is 7.30. The Morgan fingerprint density at radius 1 is 1.24 bits per heavy atom. The molecule has 21 heavy (non-hydrogen) atoms. The lowest BCUT2D eigenvalue weighted by Crippen LogP contribution is -2.04. The van der Waals surface area contributed by atoms with Crippen molar-refractivity contribution in [2.45, 2.75) is 13.3 Å². The molecule has 0 atom stereocenters. The first kappa shape index (κ1) is 15.3. The topological polar surface area (TPSA) is 57.7 Å². The molecule has 0 aliphatic rings. The van der Waals surface area contributed by atoms with Crippen LogP contribution in [0.1, 0.15) is 20.9 Å². The van der Waals surface area contributed by atoms with E-state index in [1.807, 2.05) is 12.4 Å². The van der Waals surface area contributed by atoms with Gasteiger partial charge in [0.05, 0.1) is 32.0 Å². The van der Waals surface area contributed by atoms with E-state index in [4.69, 9.17) is 14.2 Å². The number of aromatic nitrogens is 1. The summed E-state index contributed by atoms with van der Waals surface area (Å²) in [5, 5.41) is 0. The summed E-state index contributed by atoms with van der Waals surface area (Å²) < 4.78 is 16.3. The van der Waals surface area contributed by atoms with Crippen molar-refractivity contribution < 1.29 is 19.0 Å². The van der Waals surface area contributed by atoms with Gasteiger partial charge in [-0.25, -0.2) is 4.98 Å². The van der Waals surface area contributed by atoms with Crippen molar-refractivity contribution in [3.63, 3.8) is 0 Å². The number of hydrogen-bond acceptors (Lipinski definition) is 6. The molecule has 0 amide bonds. The molecule has 6 heteroatoms. The lowest BCUT2D eigenvalue weighted by Gasteiger charge is -2.14. The highest BCUT2D eigenvalue weighted by atomic mass is 32.1. The molecule has 0 spiro atoms. The summed E-state index contributed by atoms with van der Waals surface area (Å²) in [6.07, 6.45) is 1.51. The zero-order chi connectivity index (χ0) is 15.2. The van der Waals surface area contributed by atoms with E-state index in [9.17, 15) is 4.79 Å². The Morgan fingerprint density at radius 2 is 1.90 bits per heavy atom. The first-order valence-electron chi connectivity index (χ1n) is 6.42. The number of methoxy groups -OCH3 is 2. The van der Waals surface area contributed by atoms with Crippen LogP contribution in [0, 0.1) is 6.92 Å². The van der Waals surface area contributed by atoms with Crippen molar-refractivity contribution in [3.05, 3.63) is 33.8 Å². The molecule has 0 unspecified atom stereocenters. The fourth-order valence-corrected chi connectivity index (χ4v) is 2.68. The predicted molar refractivity (Wildman–Crippen MR) is 81.0 cm³/mol. The molecule has 1 aromatic carbocycles. The number of aryl methyl sites for hydroxylation is 1. The molecular weight excluding hydrogens is 290 g/mol. The Morgan fingerprint density at radius 3 is 2.38 bits per heavy atom. The van der Waals surface area contributed by atoms with Crippen LogP contribution in [0.15, 0.2) is 17.6 Å². The molecule has 0 fully saturated rings. The van der Waals surface area contributed by atoms with Crippen molar-refractivity contribution in [2.75, 3.05) is 20.8 Å². The molecule has 112 valence electrons. The molecule has 0 saturated heterocycles. The van der Waals surface area contributed by atoms with Crippen LogP contribution >= 0.6 is 11.3 Å². The van der Waals surface area contributed by atoms with Gasteiger partial charge in [0.25, 0.3) is 0 Å². The Kier molecular flexibility index (Phi) is 5.16. The molecule has 0 aliphatic heterocycles. The summed E-state index contributed by atoms with van der Waals surface area (Å²) >= 11 is 1.61. The quantitative estimate of drug-likeness (QED) is 0.736. The van der Waals surface area contributed by atoms with E-state index >= 15 is 0 Å². The summed E-state index contributed by atoms with van der Waals surface area (Å²) in [7, 11) is 3.06. The number of benzene rings is 1. The molecule has 2 aromatic rings. The van der Waals surface area contributed by atoms with Crippen LogP contribution < -0.4 is 14.2 Å². The number of carbonyl (C=O) groups is 1. The van der Waals surface area contributed by atoms with Gasteiger partial charge in [-0.05, 0) is 19.1 Å². The number of ether oxygens (including phenoxy) is 3. The minimum absolute atomic E-state index is 0.481. The molecule has 2 rings (SSSR count). The van der Waals surface area contributed by atoms with Crippen molar-refractivity contribution in [1.29, 1.82) is 0 Å². The number of aldehydes is 1. The lowest BCUT2D eigenvalue weighted by atomic mass is 10.2. The third-order valence-electron chi connectivity index (χ3n) is 3.04. The molecule has 0 aliphatic carbocycles. The molecule has 0 saturated carbocycles. The molecule has 0 N–H and O–H groups in total. The third-order valence-corrected chi connectivity index (χ3v) is 4.03. The number of nitrogens with zero attached hydrogens (tertiary/aromatic N) is 1. The molecule has 5 nitrogen and oxygen atoms in total. The van der Waals surface area contributed by atoms with E-state index < -0.39 is 0 Å². The Labute approximate surface area is 127 Å². The average Bonchev–Trinajstić information content (AvgIpc) is 2.92. The Balaban J connectivity index is 2.14. The van der Waals surface area contributed by atoms with Gasteiger partial charge in [0.2, 0.25) is 5.75 Å². The minimum Gasteiger partial charge on any atom is -0.493 e. The Bertz CT molecular complexity index is 599. The average molecular weight is 307 g/mol. The number of carbonyl (C=O) groups excluding carboxylic acids is 1.